The van der Waals surface area contributed by atoms with Gasteiger partial charge >= 0.3 is 0 Å². The van der Waals surface area contributed by atoms with E-state index in [1.807, 2.05) is 5.38 Å². The van der Waals surface area contributed by atoms with Crippen molar-refractivity contribution in [3.05, 3.63) is 56.0 Å². The third-order valence-corrected chi connectivity index (χ3v) is 4.87. The number of nitro benzene ring substituents is 1. The summed E-state index contributed by atoms with van der Waals surface area (Å²) in [5.41, 5.74) is 7.60. The molecule has 1 unspecified atom stereocenters. The Hall–Kier alpha value is -2.06. The second-order valence-corrected chi connectivity index (χ2v) is 6.90. The van der Waals surface area contributed by atoms with Gasteiger partial charge in [0.05, 0.1) is 21.7 Å². The molecule has 1 heterocycles. The average Bonchev–Trinajstić information content (AvgIpc) is 3.24. The van der Waals surface area contributed by atoms with E-state index in [0.29, 0.717) is 12.3 Å². The molecule has 3 rings (SSSR count). The highest BCUT2D eigenvalue weighted by Crippen LogP contribution is 2.42. The quantitative estimate of drug-likeness (QED) is 0.473. The van der Waals surface area contributed by atoms with Crippen LogP contribution in [0.4, 0.5) is 5.69 Å². The first-order valence-electron chi connectivity index (χ1n) is 7.27. The molecule has 23 heavy (non-hydrogen) atoms. The Kier molecular flexibility index (Phi) is 4.53. The summed E-state index contributed by atoms with van der Waals surface area (Å²) < 4.78 is 0. The normalized spacial score (nSPS) is 15.1. The molecule has 1 aliphatic carbocycles. The van der Waals surface area contributed by atoms with E-state index in [1.54, 1.807) is 23.5 Å². The smallest absolute Gasteiger partial charge is 0.269 e. The van der Waals surface area contributed by atoms with Crippen LogP contribution >= 0.6 is 23.6 Å². The van der Waals surface area contributed by atoms with E-state index in [0.717, 1.165) is 11.3 Å². The molecule has 0 spiro atoms. The number of nitrogens with two attached hydrogens (primary N) is 1. The van der Waals surface area contributed by atoms with Crippen LogP contribution in [-0.2, 0) is 6.42 Å². The number of hydrogen-bond acceptors (Lipinski definition) is 5. The third kappa shape index (κ3) is 4.02. The standard InChI is InChI=1S/C15H16N4O2S2/c16-15(22)18-12(13-8-23-14(17-13)10-3-4-10)7-9-1-5-11(6-2-9)19(20)21/h1-2,5-6,8,10,12H,3-4,7H2,(H3,16,18,22). The van der Waals surface area contributed by atoms with Crippen molar-refractivity contribution in [2.24, 2.45) is 5.73 Å². The maximum absolute atomic E-state index is 10.7. The van der Waals surface area contributed by atoms with Gasteiger partial charge < -0.3 is 11.1 Å². The number of non-ortho nitro benzene ring substituents is 1. The van der Waals surface area contributed by atoms with Crippen LogP contribution in [0.15, 0.2) is 29.6 Å². The van der Waals surface area contributed by atoms with Crippen molar-refractivity contribution in [2.45, 2.75) is 31.2 Å². The lowest BCUT2D eigenvalue weighted by molar-refractivity contribution is -0.384. The fourth-order valence-electron chi connectivity index (χ4n) is 2.37. The molecule has 3 N–H and O–H groups in total. The van der Waals surface area contributed by atoms with E-state index in [2.05, 4.69) is 5.32 Å². The molecular weight excluding hydrogens is 332 g/mol. The Morgan fingerprint density at radius 1 is 1.48 bits per heavy atom. The first kappa shape index (κ1) is 15.8. The molecule has 0 amide bonds. The maximum Gasteiger partial charge on any atom is 0.269 e. The van der Waals surface area contributed by atoms with Gasteiger partial charge in [-0.15, -0.1) is 11.3 Å². The number of benzene rings is 1. The molecule has 0 aliphatic heterocycles. The van der Waals surface area contributed by atoms with Gasteiger partial charge in [0, 0.05) is 23.4 Å². The molecule has 6 nitrogen and oxygen atoms in total. The highest BCUT2D eigenvalue weighted by Gasteiger charge is 2.28. The summed E-state index contributed by atoms with van der Waals surface area (Å²) in [7, 11) is 0. The van der Waals surface area contributed by atoms with Crippen LogP contribution in [-0.4, -0.2) is 15.0 Å². The van der Waals surface area contributed by atoms with Crippen LogP contribution in [0, 0.1) is 10.1 Å². The van der Waals surface area contributed by atoms with Crippen LogP contribution < -0.4 is 11.1 Å². The maximum atomic E-state index is 10.7. The monoisotopic (exact) mass is 348 g/mol. The summed E-state index contributed by atoms with van der Waals surface area (Å²) in [6.07, 6.45) is 3.04. The number of thiazole rings is 1. The minimum absolute atomic E-state index is 0.0808. The van der Waals surface area contributed by atoms with Crippen molar-refractivity contribution in [3.63, 3.8) is 0 Å². The Balaban J connectivity index is 1.77. The number of aromatic nitrogens is 1. The summed E-state index contributed by atoms with van der Waals surface area (Å²) in [6, 6.07) is 6.38. The van der Waals surface area contributed by atoms with Crippen molar-refractivity contribution >= 4 is 34.4 Å². The van der Waals surface area contributed by atoms with Crippen molar-refractivity contribution < 1.29 is 4.92 Å². The highest BCUT2D eigenvalue weighted by molar-refractivity contribution is 7.80. The fourth-order valence-corrected chi connectivity index (χ4v) is 3.56. The number of rotatable bonds is 6. The van der Waals surface area contributed by atoms with Gasteiger partial charge in [0.1, 0.15) is 0 Å². The summed E-state index contributed by atoms with van der Waals surface area (Å²) in [5, 5.41) is 17.2. The lowest BCUT2D eigenvalue weighted by atomic mass is 10.0. The number of hydrogen-bond donors (Lipinski definition) is 2. The zero-order valence-corrected chi connectivity index (χ0v) is 13.9. The Morgan fingerprint density at radius 3 is 2.74 bits per heavy atom. The number of nitro groups is 1. The van der Waals surface area contributed by atoms with E-state index in [-0.39, 0.29) is 16.8 Å². The first-order chi connectivity index (χ1) is 11.0. The zero-order valence-electron chi connectivity index (χ0n) is 12.3. The molecule has 1 aromatic carbocycles. The van der Waals surface area contributed by atoms with E-state index < -0.39 is 4.92 Å². The minimum Gasteiger partial charge on any atom is -0.376 e. The lowest BCUT2D eigenvalue weighted by Crippen LogP contribution is -2.34. The SMILES string of the molecule is NC(=S)NC(Cc1ccc([N+](=O)[O-])cc1)c1csc(C2CC2)n1. The van der Waals surface area contributed by atoms with Crippen LogP contribution in [0.2, 0.25) is 0 Å². The van der Waals surface area contributed by atoms with Gasteiger partial charge in [0.2, 0.25) is 0 Å². The van der Waals surface area contributed by atoms with E-state index >= 15 is 0 Å². The highest BCUT2D eigenvalue weighted by atomic mass is 32.1. The third-order valence-electron chi connectivity index (χ3n) is 3.73. The van der Waals surface area contributed by atoms with Gasteiger partial charge in [0.15, 0.2) is 5.11 Å². The van der Waals surface area contributed by atoms with Crippen LogP contribution in [0.1, 0.15) is 41.1 Å². The molecular formula is C15H16N4O2S2. The summed E-state index contributed by atoms with van der Waals surface area (Å²) in [4.78, 5) is 15.0. The molecule has 120 valence electrons. The molecule has 1 aliphatic rings. The number of nitrogens with one attached hydrogen (secondary N) is 1. The van der Waals surface area contributed by atoms with Crippen molar-refractivity contribution in [1.29, 1.82) is 0 Å². The van der Waals surface area contributed by atoms with Gasteiger partial charge in [-0.3, -0.25) is 10.1 Å². The van der Waals surface area contributed by atoms with Crippen molar-refractivity contribution in [1.82, 2.24) is 10.3 Å². The lowest BCUT2D eigenvalue weighted by Gasteiger charge is -2.17. The molecule has 1 aromatic heterocycles. The predicted octanol–water partition coefficient (Wildman–Crippen LogP) is 3.05. The van der Waals surface area contributed by atoms with Gasteiger partial charge in [-0.05, 0) is 37.0 Å². The summed E-state index contributed by atoms with van der Waals surface area (Å²) in [6.45, 7) is 0. The molecule has 1 fully saturated rings. The number of nitrogens with zero attached hydrogens (tertiary/aromatic N) is 2. The molecule has 1 saturated carbocycles. The fraction of sp³-hybridized carbons (Fsp3) is 0.333. The van der Waals surface area contributed by atoms with Crippen LogP contribution in [0.5, 0.6) is 0 Å². The zero-order chi connectivity index (χ0) is 16.4. The van der Waals surface area contributed by atoms with Crippen molar-refractivity contribution in [2.75, 3.05) is 0 Å². The van der Waals surface area contributed by atoms with E-state index in [4.69, 9.17) is 22.9 Å². The first-order valence-corrected chi connectivity index (χ1v) is 8.56. The Bertz CT molecular complexity index is 725. The van der Waals surface area contributed by atoms with Gasteiger partial charge in [0.25, 0.3) is 5.69 Å². The Labute approximate surface area is 142 Å². The van der Waals surface area contributed by atoms with E-state index in [1.165, 1.54) is 30.0 Å². The van der Waals surface area contributed by atoms with Gasteiger partial charge in [-0.2, -0.15) is 0 Å². The second-order valence-electron chi connectivity index (χ2n) is 5.57. The molecule has 1 atom stereocenters. The van der Waals surface area contributed by atoms with Crippen molar-refractivity contribution in [3.8, 4) is 0 Å². The minimum atomic E-state index is -0.406. The number of thiocarbonyl (C=S) groups is 1. The van der Waals surface area contributed by atoms with Crippen LogP contribution in [0.3, 0.4) is 0 Å². The molecule has 0 bridgehead atoms. The van der Waals surface area contributed by atoms with Gasteiger partial charge in [-0.25, -0.2) is 4.98 Å². The van der Waals surface area contributed by atoms with E-state index in [9.17, 15) is 10.1 Å². The summed E-state index contributed by atoms with van der Waals surface area (Å²) in [5.74, 6) is 0.610. The molecule has 0 saturated heterocycles. The van der Waals surface area contributed by atoms with Crippen LogP contribution in [0.25, 0.3) is 0 Å². The summed E-state index contributed by atoms with van der Waals surface area (Å²) >= 11 is 6.63. The largest absolute Gasteiger partial charge is 0.376 e. The second kappa shape index (κ2) is 6.59. The molecule has 0 radical (unpaired) electrons. The topological polar surface area (TPSA) is 94.1 Å². The predicted molar refractivity (Wildman–Crippen MR) is 93.6 cm³/mol. The Morgan fingerprint density at radius 2 is 2.17 bits per heavy atom. The molecule has 2 aromatic rings. The van der Waals surface area contributed by atoms with Gasteiger partial charge in [-0.1, -0.05) is 12.1 Å². The average molecular weight is 348 g/mol. The molecule has 8 heteroatoms.